The van der Waals surface area contributed by atoms with E-state index in [1.807, 2.05) is 0 Å². The molecule has 3 rings (SSSR count). The molecule has 0 saturated heterocycles. The molecule has 2 aliphatic carbocycles. The molecule has 2 fully saturated rings. The van der Waals surface area contributed by atoms with Crippen LogP contribution in [0.2, 0.25) is 0 Å². The number of hydrogen-bond donors (Lipinski definition) is 1. The predicted molar refractivity (Wildman–Crippen MR) is 128 cm³/mol. The Kier molecular flexibility index (Phi) is 9.77. The molecule has 0 heterocycles. The van der Waals surface area contributed by atoms with E-state index in [9.17, 15) is 9.59 Å². The first-order valence-corrected chi connectivity index (χ1v) is 12.9. The average Bonchev–Trinajstić information content (AvgIpc) is 3.00. The van der Waals surface area contributed by atoms with Crippen LogP contribution in [0.25, 0.3) is 0 Å². The molecule has 4 unspecified atom stereocenters. The van der Waals surface area contributed by atoms with Crippen LogP contribution in [0.3, 0.4) is 0 Å². The van der Waals surface area contributed by atoms with Gasteiger partial charge in [-0.3, -0.25) is 9.59 Å². The number of rotatable bonds is 11. The fraction of sp³-hybridized carbons (Fsp3) is 0.714. The lowest BCUT2D eigenvalue weighted by atomic mass is 9.75. The minimum absolute atomic E-state index is 0.164. The molecule has 1 aromatic carbocycles. The smallest absolute Gasteiger partial charge is 0.149 e. The Bertz CT molecular complexity index is 695. The quantitative estimate of drug-likeness (QED) is 0.421. The standard InChI is InChI=1S/C28H43NO2/c1-21-14-16-22(17-15-21)18-19-28(31)26(29)12-3-2-4-13-27(30)25-11-7-10-23-8-5-6-9-24(23)20-25/h14-17,23-26H,2-13,18-20,29H2,1H3. The second kappa shape index (κ2) is 12.5. The number of hydrogen-bond acceptors (Lipinski definition) is 3. The number of ketones is 2. The maximum absolute atomic E-state index is 12.8. The van der Waals surface area contributed by atoms with Crippen LogP contribution in [0, 0.1) is 24.7 Å². The lowest BCUT2D eigenvalue weighted by Crippen LogP contribution is -2.30. The van der Waals surface area contributed by atoms with Gasteiger partial charge in [-0.05, 0) is 56.4 Å². The maximum atomic E-state index is 12.8. The summed E-state index contributed by atoms with van der Waals surface area (Å²) in [6, 6.07) is 8.00. The third-order valence-corrected chi connectivity index (χ3v) is 7.87. The lowest BCUT2D eigenvalue weighted by Gasteiger charge is -2.30. The normalized spacial score (nSPS) is 24.8. The van der Waals surface area contributed by atoms with Crippen molar-refractivity contribution in [3.05, 3.63) is 35.4 Å². The van der Waals surface area contributed by atoms with Gasteiger partial charge in [0, 0.05) is 18.8 Å². The summed E-state index contributed by atoms with van der Waals surface area (Å²) >= 11 is 0. The molecule has 0 aromatic heterocycles. The van der Waals surface area contributed by atoms with Crippen molar-refractivity contribution in [2.24, 2.45) is 23.5 Å². The molecule has 0 spiro atoms. The summed E-state index contributed by atoms with van der Waals surface area (Å²) < 4.78 is 0. The van der Waals surface area contributed by atoms with Crippen molar-refractivity contribution < 1.29 is 9.59 Å². The van der Waals surface area contributed by atoms with E-state index >= 15 is 0 Å². The first kappa shape index (κ1) is 24.2. The summed E-state index contributed by atoms with van der Waals surface area (Å²) in [6.07, 6.45) is 16.0. The van der Waals surface area contributed by atoms with Gasteiger partial charge in [-0.25, -0.2) is 0 Å². The molecule has 2 N–H and O–H groups in total. The average molecular weight is 426 g/mol. The van der Waals surface area contributed by atoms with Gasteiger partial charge >= 0.3 is 0 Å². The summed E-state index contributed by atoms with van der Waals surface area (Å²) in [5.74, 6) is 2.70. The number of fused-ring (bicyclic) bond motifs is 1. The van der Waals surface area contributed by atoms with Gasteiger partial charge in [-0.15, -0.1) is 0 Å². The molecule has 1 aromatic rings. The van der Waals surface area contributed by atoms with Crippen LogP contribution in [0.15, 0.2) is 24.3 Å². The highest BCUT2D eigenvalue weighted by molar-refractivity contribution is 5.84. The number of Topliss-reactive ketones (excluding diaryl/α,β-unsaturated/α-hetero) is 2. The Labute approximate surface area is 189 Å². The lowest BCUT2D eigenvalue weighted by molar-refractivity contribution is -0.124. The largest absolute Gasteiger partial charge is 0.322 e. The van der Waals surface area contributed by atoms with E-state index in [4.69, 9.17) is 5.73 Å². The van der Waals surface area contributed by atoms with Crippen molar-refractivity contribution in [3.63, 3.8) is 0 Å². The second-order valence-electron chi connectivity index (χ2n) is 10.3. The molecule has 0 amide bonds. The highest BCUT2D eigenvalue weighted by atomic mass is 16.1. The SMILES string of the molecule is Cc1ccc(CCC(=O)C(N)CCCCCC(=O)C2CCCC3CCCCC3C2)cc1. The van der Waals surface area contributed by atoms with E-state index < -0.39 is 0 Å². The van der Waals surface area contributed by atoms with Crippen molar-refractivity contribution in [3.8, 4) is 0 Å². The minimum Gasteiger partial charge on any atom is -0.322 e. The van der Waals surface area contributed by atoms with Crippen molar-refractivity contribution in [2.75, 3.05) is 0 Å². The summed E-state index contributed by atoms with van der Waals surface area (Å²) in [6.45, 7) is 2.07. The third kappa shape index (κ3) is 7.86. The van der Waals surface area contributed by atoms with E-state index in [1.54, 1.807) is 0 Å². The molecule has 3 heteroatoms. The highest BCUT2D eigenvalue weighted by Gasteiger charge is 2.32. The second-order valence-corrected chi connectivity index (χ2v) is 10.3. The Hall–Kier alpha value is -1.48. The van der Waals surface area contributed by atoms with Crippen LogP contribution in [0.4, 0.5) is 0 Å². The minimum atomic E-state index is -0.355. The van der Waals surface area contributed by atoms with Crippen molar-refractivity contribution in [2.45, 2.75) is 109 Å². The van der Waals surface area contributed by atoms with E-state index in [-0.39, 0.29) is 11.8 Å². The zero-order valence-electron chi connectivity index (χ0n) is 19.6. The number of unbranched alkanes of at least 4 members (excludes halogenated alkanes) is 2. The van der Waals surface area contributed by atoms with Crippen LogP contribution < -0.4 is 5.73 Å². The zero-order valence-corrected chi connectivity index (χ0v) is 19.6. The van der Waals surface area contributed by atoms with Gasteiger partial charge in [0.25, 0.3) is 0 Å². The van der Waals surface area contributed by atoms with Gasteiger partial charge < -0.3 is 5.73 Å². The molecule has 3 nitrogen and oxygen atoms in total. The summed E-state index contributed by atoms with van der Waals surface area (Å²) in [7, 11) is 0. The van der Waals surface area contributed by atoms with Crippen molar-refractivity contribution in [1.82, 2.24) is 0 Å². The van der Waals surface area contributed by atoms with Gasteiger partial charge in [0.1, 0.15) is 11.6 Å². The Morgan fingerprint density at radius 1 is 0.903 bits per heavy atom. The van der Waals surface area contributed by atoms with Gasteiger partial charge in [0.2, 0.25) is 0 Å². The summed E-state index contributed by atoms with van der Waals surface area (Å²) in [4.78, 5) is 25.1. The fourth-order valence-electron chi connectivity index (χ4n) is 5.79. The first-order chi connectivity index (χ1) is 15.0. The highest BCUT2D eigenvalue weighted by Crippen LogP contribution is 2.41. The monoisotopic (exact) mass is 425 g/mol. The van der Waals surface area contributed by atoms with Crippen molar-refractivity contribution >= 4 is 11.6 Å². The predicted octanol–water partition coefficient (Wildman–Crippen LogP) is 6.34. The fourth-order valence-corrected chi connectivity index (χ4v) is 5.79. The Morgan fingerprint density at radius 3 is 2.39 bits per heavy atom. The van der Waals surface area contributed by atoms with Gasteiger partial charge in [-0.2, -0.15) is 0 Å². The van der Waals surface area contributed by atoms with E-state index in [2.05, 4.69) is 31.2 Å². The van der Waals surface area contributed by atoms with E-state index in [1.165, 1.54) is 49.7 Å². The van der Waals surface area contributed by atoms with Crippen LogP contribution in [-0.4, -0.2) is 17.6 Å². The first-order valence-electron chi connectivity index (χ1n) is 12.9. The summed E-state index contributed by atoms with van der Waals surface area (Å²) in [5.41, 5.74) is 8.56. The van der Waals surface area contributed by atoms with E-state index in [0.717, 1.165) is 63.2 Å². The topological polar surface area (TPSA) is 60.2 Å². The van der Waals surface area contributed by atoms with Gasteiger partial charge in [0.15, 0.2) is 0 Å². The van der Waals surface area contributed by atoms with Gasteiger partial charge in [0.05, 0.1) is 6.04 Å². The molecule has 31 heavy (non-hydrogen) atoms. The molecular formula is C28H43NO2. The number of carbonyl (C=O) groups excluding carboxylic acids is 2. The van der Waals surface area contributed by atoms with Crippen molar-refractivity contribution in [1.29, 1.82) is 0 Å². The molecule has 0 radical (unpaired) electrons. The number of benzene rings is 1. The number of carbonyl (C=O) groups is 2. The van der Waals surface area contributed by atoms with Gasteiger partial charge in [-0.1, -0.05) is 81.2 Å². The van der Waals surface area contributed by atoms with Crippen LogP contribution in [0.1, 0.15) is 101 Å². The Balaban J connectivity index is 1.28. The zero-order chi connectivity index (χ0) is 22.1. The van der Waals surface area contributed by atoms with E-state index in [0.29, 0.717) is 18.1 Å². The van der Waals surface area contributed by atoms with Crippen LogP contribution in [-0.2, 0) is 16.0 Å². The molecule has 2 saturated carbocycles. The molecular weight excluding hydrogens is 382 g/mol. The van der Waals surface area contributed by atoms with Crippen LogP contribution >= 0.6 is 0 Å². The summed E-state index contributed by atoms with van der Waals surface area (Å²) in [5, 5.41) is 0. The third-order valence-electron chi connectivity index (χ3n) is 7.87. The Morgan fingerprint density at radius 2 is 1.61 bits per heavy atom. The molecule has 0 bridgehead atoms. The number of nitrogens with two attached hydrogens (primary N) is 1. The maximum Gasteiger partial charge on any atom is 0.149 e. The molecule has 4 atom stereocenters. The van der Waals surface area contributed by atoms with Crippen LogP contribution in [0.5, 0.6) is 0 Å². The molecule has 0 aliphatic heterocycles. The molecule has 2 aliphatic rings. The molecule has 172 valence electrons. The number of aryl methyl sites for hydroxylation is 2.